The summed E-state index contributed by atoms with van der Waals surface area (Å²) < 4.78 is 26.3. The molecule has 0 aromatic carbocycles. The van der Waals surface area contributed by atoms with E-state index in [0.29, 0.717) is 5.69 Å². The summed E-state index contributed by atoms with van der Waals surface area (Å²) in [6, 6.07) is 0. The van der Waals surface area contributed by atoms with Gasteiger partial charge in [-0.2, -0.15) is 5.10 Å². The fraction of sp³-hybridized carbons (Fsp3) is 0.700. The van der Waals surface area contributed by atoms with Crippen molar-refractivity contribution in [1.82, 2.24) is 10.2 Å². The second-order valence-corrected chi connectivity index (χ2v) is 4.59. The monoisotopic (exact) mass is 213 g/mol. The number of hydrogen-bond donors (Lipinski definition) is 2. The molecule has 3 N–H and O–H groups in total. The average Bonchev–Trinajstić information content (AvgIpc) is 2.61. The molecule has 0 spiro atoms. The zero-order chi connectivity index (χ0) is 10.7. The number of aromatic nitrogens is 2. The average molecular weight is 213 g/mol. The Morgan fingerprint density at radius 3 is 2.60 bits per heavy atom. The topological polar surface area (TPSA) is 54.7 Å². The van der Waals surface area contributed by atoms with Gasteiger partial charge in [0.2, 0.25) is 0 Å². The maximum Gasteiger partial charge on any atom is 0.274 e. The molecule has 3 rings (SSSR count). The summed E-state index contributed by atoms with van der Waals surface area (Å²) in [6.45, 7) is 0. The lowest BCUT2D eigenvalue weighted by molar-refractivity contribution is 0.0878. The molecule has 1 aromatic rings. The molecule has 0 amide bonds. The Kier molecular flexibility index (Phi) is 1.60. The molecular formula is C10H13F2N3. The predicted molar refractivity (Wildman–Crippen MR) is 50.7 cm³/mol. The van der Waals surface area contributed by atoms with Gasteiger partial charge >= 0.3 is 0 Å². The van der Waals surface area contributed by atoms with Crippen molar-refractivity contribution < 1.29 is 8.78 Å². The van der Waals surface area contributed by atoms with Crippen molar-refractivity contribution in [3.05, 3.63) is 17.0 Å². The fourth-order valence-electron chi connectivity index (χ4n) is 2.41. The number of aromatic amines is 1. The lowest BCUT2D eigenvalue weighted by Gasteiger charge is -2.14. The number of alkyl halides is 2. The Morgan fingerprint density at radius 1 is 1.27 bits per heavy atom. The molecule has 1 unspecified atom stereocenters. The Labute approximate surface area is 86.0 Å². The van der Waals surface area contributed by atoms with E-state index in [2.05, 4.69) is 10.2 Å². The highest BCUT2D eigenvalue weighted by Crippen LogP contribution is 2.58. The maximum absolute atomic E-state index is 13.1. The van der Waals surface area contributed by atoms with Crippen molar-refractivity contribution in [2.45, 2.75) is 43.6 Å². The van der Waals surface area contributed by atoms with E-state index in [1.54, 1.807) is 0 Å². The van der Waals surface area contributed by atoms with E-state index < -0.39 is 11.5 Å². The van der Waals surface area contributed by atoms with Crippen LogP contribution in [-0.4, -0.2) is 16.1 Å². The van der Waals surface area contributed by atoms with Gasteiger partial charge in [0.15, 0.2) is 0 Å². The van der Waals surface area contributed by atoms with E-state index in [-0.39, 0.29) is 6.42 Å². The van der Waals surface area contributed by atoms with Crippen LogP contribution in [-0.2, 0) is 18.4 Å². The molecule has 2 aliphatic carbocycles. The van der Waals surface area contributed by atoms with E-state index in [1.165, 1.54) is 0 Å². The number of H-pyrrole nitrogens is 1. The summed E-state index contributed by atoms with van der Waals surface area (Å²) in [4.78, 5) is 0. The Balaban J connectivity index is 2.03. The first-order chi connectivity index (χ1) is 7.05. The minimum absolute atomic E-state index is 0.267. The predicted octanol–water partition coefficient (Wildman–Crippen LogP) is 1.48. The van der Waals surface area contributed by atoms with E-state index in [9.17, 15) is 8.78 Å². The van der Waals surface area contributed by atoms with Gasteiger partial charge in [0.05, 0.1) is 5.69 Å². The van der Waals surface area contributed by atoms with Gasteiger partial charge in [0.1, 0.15) is 5.54 Å². The first-order valence-corrected chi connectivity index (χ1v) is 5.28. The molecule has 0 saturated heterocycles. The van der Waals surface area contributed by atoms with Crippen molar-refractivity contribution in [3.8, 4) is 0 Å². The van der Waals surface area contributed by atoms with Crippen molar-refractivity contribution in [3.63, 3.8) is 0 Å². The minimum atomic E-state index is -2.77. The molecule has 1 fully saturated rings. The summed E-state index contributed by atoms with van der Waals surface area (Å²) in [7, 11) is 0. The normalized spacial score (nSPS) is 32.5. The molecule has 0 aliphatic heterocycles. The quantitative estimate of drug-likeness (QED) is 0.742. The molecule has 5 heteroatoms. The second-order valence-electron chi connectivity index (χ2n) is 4.59. The van der Waals surface area contributed by atoms with Crippen LogP contribution in [0.1, 0.15) is 36.2 Å². The van der Waals surface area contributed by atoms with Gasteiger partial charge in [-0.3, -0.25) is 5.10 Å². The maximum atomic E-state index is 13.1. The van der Waals surface area contributed by atoms with Gasteiger partial charge in [0, 0.05) is 12.1 Å². The zero-order valence-corrected chi connectivity index (χ0v) is 8.32. The van der Waals surface area contributed by atoms with Gasteiger partial charge in [-0.1, -0.05) is 0 Å². The van der Waals surface area contributed by atoms with E-state index >= 15 is 0 Å². The zero-order valence-electron chi connectivity index (χ0n) is 8.32. The minimum Gasteiger partial charge on any atom is -0.315 e. The molecule has 82 valence electrons. The molecule has 0 radical (unpaired) electrons. The van der Waals surface area contributed by atoms with Crippen molar-refractivity contribution in [1.29, 1.82) is 0 Å². The molecular weight excluding hydrogens is 200 g/mol. The third kappa shape index (κ3) is 1.10. The number of fused-ring (bicyclic) bond motifs is 1. The number of nitrogens with two attached hydrogens (primary N) is 1. The second kappa shape index (κ2) is 2.58. The highest BCUT2D eigenvalue weighted by Gasteiger charge is 2.72. The molecule has 1 atom stereocenters. The highest BCUT2D eigenvalue weighted by molar-refractivity contribution is 5.40. The van der Waals surface area contributed by atoms with Gasteiger partial charge in [0.25, 0.3) is 5.92 Å². The SMILES string of the molecule is NC1(c2n[nH]c3c2CCCC3)CC1(F)F. The number of nitrogens with zero attached hydrogens (tertiary/aromatic N) is 1. The molecule has 0 bridgehead atoms. The van der Waals surface area contributed by atoms with E-state index in [0.717, 1.165) is 36.9 Å². The van der Waals surface area contributed by atoms with Gasteiger partial charge < -0.3 is 5.73 Å². The molecule has 15 heavy (non-hydrogen) atoms. The van der Waals surface area contributed by atoms with Crippen LogP contribution in [0.2, 0.25) is 0 Å². The number of nitrogens with one attached hydrogen (secondary N) is 1. The standard InChI is InChI=1S/C10H13F2N3/c11-10(12)5-9(10,13)8-6-3-1-2-4-7(6)14-15-8/h1-5,13H2,(H,14,15). The van der Waals surface area contributed by atoms with Crippen LogP contribution in [0.3, 0.4) is 0 Å². The molecule has 1 heterocycles. The summed E-state index contributed by atoms with van der Waals surface area (Å²) in [5, 5.41) is 6.84. The van der Waals surface area contributed by atoms with Crippen LogP contribution in [0.25, 0.3) is 0 Å². The van der Waals surface area contributed by atoms with Crippen molar-refractivity contribution in [2.24, 2.45) is 5.73 Å². The first-order valence-electron chi connectivity index (χ1n) is 5.28. The van der Waals surface area contributed by atoms with Crippen molar-refractivity contribution >= 4 is 0 Å². The third-order valence-electron chi connectivity index (χ3n) is 3.51. The van der Waals surface area contributed by atoms with Crippen LogP contribution >= 0.6 is 0 Å². The van der Waals surface area contributed by atoms with Gasteiger partial charge in [-0.05, 0) is 31.2 Å². The number of aryl methyl sites for hydroxylation is 1. The summed E-state index contributed by atoms with van der Waals surface area (Å²) >= 11 is 0. The third-order valence-corrected chi connectivity index (χ3v) is 3.51. The number of rotatable bonds is 1. The largest absolute Gasteiger partial charge is 0.315 e. The smallest absolute Gasteiger partial charge is 0.274 e. The molecule has 3 nitrogen and oxygen atoms in total. The van der Waals surface area contributed by atoms with Crippen LogP contribution < -0.4 is 5.73 Å². The van der Waals surface area contributed by atoms with Crippen LogP contribution in [0.15, 0.2) is 0 Å². The van der Waals surface area contributed by atoms with E-state index in [4.69, 9.17) is 5.73 Å². The summed E-state index contributed by atoms with van der Waals surface area (Å²) in [5.41, 5.74) is 6.54. The van der Waals surface area contributed by atoms with Crippen LogP contribution in [0, 0.1) is 0 Å². The first kappa shape index (κ1) is 9.27. The lowest BCUT2D eigenvalue weighted by Crippen LogP contribution is -2.29. The Hall–Kier alpha value is -0.970. The highest BCUT2D eigenvalue weighted by atomic mass is 19.3. The number of hydrogen-bond acceptors (Lipinski definition) is 2. The number of halogens is 2. The van der Waals surface area contributed by atoms with Crippen molar-refractivity contribution in [2.75, 3.05) is 0 Å². The van der Waals surface area contributed by atoms with Crippen LogP contribution in [0.5, 0.6) is 0 Å². The Bertz CT molecular complexity index is 413. The van der Waals surface area contributed by atoms with Crippen LogP contribution in [0.4, 0.5) is 8.78 Å². The molecule has 2 aliphatic rings. The van der Waals surface area contributed by atoms with E-state index in [1.807, 2.05) is 0 Å². The van der Waals surface area contributed by atoms with Gasteiger partial charge in [-0.25, -0.2) is 8.78 Å². The molecule has 1 aromatic heterocycles. The fourth-order valence-corrected chi connectivity index (χ4v) is 2.41. The summed E-state index contributed by atoms with van der Waals surface area (Å²) in [6.07, 6.45) is 3.61. The lowest BCUT2D eigenvalue weighted by atomic mass is 9.93. The van der Waals surface area contributed by atoms with Gasteiger partial charge in [-0.15, -0.1) is 0 Å². The summed E-state index contributed by atoms with van der Waals surface area (Å²) in [5.74, 6) is -2.77. The molecule has 1 saturated carbocycles. The Morgan fingerprint density at radius 2 is 1.93 bits per heavy atom.